The molecule has 0 bridgehead atoms. The lowest BCUT2D eigenvalue weighted by Gasteiger charge is -2.22. The zero-order chi connectivity index (χ0) is 13.8. The number of anilines is 2. The van der Waals surface area contributed by atoms with E-state index in [1.54, 1.807) is 0 Å². The summed E-state index contributed by atoms with van der Waals surface area (Å²) in [6.45, 7) is 10.4. The zero-order valence-electron chi connectivity index (χ0n) is 12.0. The molecule has 0 fully saturated rings. The van der Waals surface area contributed by atoms with Crippen molar-refractivity contribution < 1.29 is 4.79 Å². The predicted molar refractivity (Wildman–Crippen MR) is 77.9 cm³/mol. The molecule has 1 aromatic carbocycles. The molecule has 0 unspecified atom stereocenters. The maximum Gasteiger partial charge on any atom is 0.224 e. The molecule has 0 heterocycles. The van der Waals surface area contributed by atoms with Gasteiger partial charge in [-0.15, -0.1) is 0 Å². The molecule has 0 saturated carbocycles. The van der Waals surface area contributed by atoms with Crippen molar-refractivity contribution in [3.8, 4) is 0 Å². The fourth-order valence-corrected chi connectivity index (χ4v) is 1.65. The van der Waals surface area contributed by atoms with Gasteiger partial charge in [-0.3, -0.25) is 4.79 Å². The van der Waals surface area contributed by atoms with Crippen LogP contribution >= 0.6 is 0 Å². The van der Waals surface area contributed by atoms with Gasteiger partial charge in [0.1, 0.15) is 0 Å². The molecule has 0 atom stereocenters. The fraction of sp³-hybridized carbons (Fsp3) is 0.533. The Kier molecular flexibility index (Phi) is 4.76. The van der Waals surface area contributed by atoms with E-state index in [9.17, 15) is 4.79 Å². The number of benzene rings is 1. The van der Waals surface area contributed by atoms with Gasteiger partial charge >= 0.3 is 0 Å². The SMILES string of the molecule is CC(C)CC(=O)Nc1ccc(NC(C)(C)C)cc1. The van der Waals surface area contributed by atoms with E-state index in [-0.39, 0.29) is 11.4 Å². The van der Waals surface area contributed by atoms with Crippen LogP contribution in [0.5, 0.6) is 0 Å². The second-order valence-corrected chi connectivity index (χ2v) is 6.10. The average molecular weight is 248 g/mol. The summed E-state index contributed by atoms with van der Waals surface area (Å²) in [6, 6.07) is 7.81. The Morgan fingerprint density at radius 3 is 2.06 bits per heavy atom. The first-order valence-electron chi connectivity index (χ1n) is 6.44. The number of carbonyl (C=O) groups excluding carboxylic acids is 1. The molecule has 2 N–H and O–H groups in total. The van der Waals surface area contributed by atoms with Crippen LogP contribution in [0.4, 0.5) is 11.4 Å². The molecule has 0 aromatic heterocycles. The molecule has 3 nitrogen and oxygen atoms in total. The van der Waals surface area contributed by atoms with Gasteiger partial charge in [-0.1, -0.05) is 13.8 Å². The van der Waals surface area contributed by atoms with Gasteiger partial charge in [0, 0.05) is 23.3 Å². The number of hydrogen-bond acceptors (Lipinski definition) is 2. The third kappa shape index (κ3) is 5.71. The molecule has 3 heteroatoms. The van der Waals surface area contributed by atoms with Crippen molar-refractivity contribution in [3.05, 3.63) is 24.3 Å². The van der Waals surface area contributed by atoms with E-state index in [1.165, 1.54) is 0 Å². The predicted octanol–water partition coefficient (Wildman–Crippen LogP) is 3.88. The molecule has 0 spiro atoms. The highest BCUT2D eigenvalue weighted by Crippen LogP contribution is 2.18. The summed E-state index contributed by atoms with van der Waals surface area (Å²) < 4.78 is 0. The molecule has 1 rings (SSSR count). The molecule has 18 heavy (non-hydrogen) atoms. The zero-order valence-corrected chi connectivity index (χ0v) is 12.0. The quantitative estimate of drug-likeness (QED) is 0.849. The van der Waals surface area contributed by atoms with Crippen molar-refractivity contribution in [2.24, 2.45) is 5.92 Å². The minimum Gasteiger partial charge on any atom is -0.380 e. The smallest absolute Gasteiger partial charge is 0.224 e. The summed E-state index contributed by atoms with van der Waals surface area (Å²) in [5, 5.41) is 6.28. The Balaban J connectivity index is 2.58. The van der Waals surface area contributed by atoms with E-state index in [0.717, 1.165) is 11.4 Å². The Labute approximate surface area is 110 Å². The molecular formula is C15H24N2O. The highest BCUT2D eigenvalue weighted by atomic mass is 16.1. The van der Waals surface area contributed by atoms with Crippen molar-refractivity contribution in [3.63, 3.8) is 0 Å². The van der Waals surface area contributed by atoms with Gasteiger partial charge in [0.25, 0.3) is 0 Å². The van der Waals surface area contributed by atoms with Crippen LogP contribution < -0.4 is 10.6 Å². The molecule has 0 radical (unpaired) electrons. The molecule has 0 aliphatic carbocycles. The van der Waals surface area contributed by atoms with Crippen LogP contribution in [0.15, 0.2) is 24.3 Å². The van der Waals surface area contributed by atoms with E-state index < -0.39 is 0 Å². The lowest BCUT2D eigenvalue weighted by atomic mass is 10.1. The molecule has 1 aromatic rings. The summed E-state index contributed by atoms with van der Waals surface area (Å²) in [7, 11) is 0. The monoisotopic (exact) mass is 248 g/mol. The third-order valence-electron chi connectivity index (χ3n) is 2.28. The first-order valence-corrected chi connectivity index (χ1v) is 6.44. The Morgan fingerprint density at radius 2 is 1.61 bits per heavy atom. The van der Waals surface area contributed by atoms with Gasteiger partial charge in [0.05, 0.1) is 0 Å². The van der Waals surface area contributed by atoms with Gasteiger partial charge in [-0.25, -0.2) is 0 Å². The number of rotatable bonds is 4. The molecule has 1 amide bonds. The van der Waals surface area contributed by atoms with Crippen LogP contribution in [-0.4, -0.2) is 11.4 Å². The molecule has 0 saturated heterocycles. The Bertz CT molecular complexity index is 388. The lowest BCUT2D eigenvalue weighted by molar-refractivity contribution is -0.116. The van der Waals surface area contributed by atoms with Crippen molar-refractivity contribution in [1.29, 1.82) is 0 Å². The fourth-order valence-electron chi connectivity index (χ4n) is 1.65. The van der Waals surface area contributed by atoms with Crippen molar-refractivity contribution in [2.75, 3.05) is 10.6 Å². The van der Waals surface area contributed by atoms with Crippen LogP contribution in [0.2, 0.25) is 0 Å². The van der Waals surface area contributed by atoms with Crippen LogP contribution in [0.3, 0.4) is 0 Å². The van der Waals surface area contributed by atoms with E-state index in [4.69, 9.17) is 0 Å². The average Bonchev–Trinajstić information content (AvgIpc) is 2.17. The molecule has 100 valence electrons. The topological polar surface area (TPSA) is 41.1 Å². The highest BCUT2D eigenvalue weighted by molar-refractivity contribution is 5.90. The maximum atomic E-state index is 11.6. The maximum absolute atomic E-state index is 11.6. The van der Waals surface area contributed by atoms with Crippen LogP contribution in [0, 0.1) is 5.92 Å². The summed E-state index contributed by atoms with van der Waals surface area (Å²) in [5.74, 6) is 0.452. The molecule has 0 aliphatic heterocycles. The number of nitrogens with one attached hydrogen (secondary N) is 2. The summed E-state index contributed by atoms with van der Waals surface area (Å²) in [6.07, 6.45) is 0.558. The van der Waals surface area contributed by atoms with Gasteiger partial charge in [0.2, 0.25) is 5.91 Å². The summed E-state index contributed by atoms with van der Waals surface area (Å²) in [4.78, 5) is 11.6. The number of carbonyl (C=O) groups is 1. The normalized spacial score (nSPS) is 11.4. The van der Waals surface area contributed by atoms with Gasteiger partial charge in [-0.05, 0) is 51.0 Å². The minimum atomic E-state index is 0.0441. The largest absolute Gasteiger partial charge is 0.380 e. The number of hydrogen-bond donors (Lipinski definition) is 2. The van der Waals surface area contributed by atoms with Crippen molar-refractivity contribution >= 4 is 17.3 Å². The summed E-state index contributed by atoms with van der Waals surface area (Å²) >= 11 is 0. The van der Waals surface area contributed by atoms with Gasteiger partial charge in [-0.2, -0.15) is 0 Å². The minimum absolute atomic E-state index is 0.0441. The van der Waals surface area contributed by atoms with Gasteiger partial charge < -0.3 is 10.6 Å². The van der Waals surface area contributed by atoms with E-state index in [1.807, 2.05) is 38.1 Å². The Morgan fingerprint density at radius 1 is 1.11 bits per heavy atom. The first-order chi connectivity index (χ1) is 8.26. The second kappa shape index (κ2) is 5.89. The Hall–Kier alpha value is -1.51. The number of amides is 1. The third-order valence-corrected chi connectivity index (χ3v) is 2.28. The van der Waals surface area contributed by atoms with E-state index >= 15 is 0 Å². The van der Waals surface area contributed by atoms with Crippen molar-refractivity contribution in [2.45, 2.75) is 46.6 Å². The second-order valence-electron chi connectivity index (χ2n) is 6.10. The van der Waals surface area contributed by atoms with Crippen molar-refractivity contribution in [1.82, 2.24) is 0 Å². The van der Waals surface area contributed by atoms with Gasteiger partial charge in [0.15, 0.2) is 0 Å². The van der Waals surface area contributed by atoms with Crippen LogP contribution in [0.25, 0.3) is 0 Å². The summed E-state index contributed by atoms with van der Waals surface area (Å²) in [5.41, 5.74) is 1.95. The standard InChI is InChI=1S/C15H24N2O/c1-11(2)10-14(18)16-12-6-8-13(9-7-12)17-15(3,4)5/h6-9,11,17H,10H2,1-5H3,(H,16,18). The van der Waals surface area contributed by atoms with Crippen LogP contribution in [0.1, 0.15) is 41.0 Å². The lowest BCUT2D eigenvalue weighted by Crippen LogP contribution is -2.25. The molecular weight excluding hydrogens is 224 g/mol. The molecule has 0 aliphatic rings. The van der Waals surface area contributed by atoms with Crippen LogP contribution in [-0.2, 0) is 4.79 Å². The first kappa shape index (κ1) is 14.6. The highest BCUT2D eigenvalue weighted by Gasteiger charge is 2.09. The van der Waals surface area contributed by atoms with E-state index in [2.05, 4.69) is 31.4 Å². The van der Waals surface area contributed by atoms with E-state index in [0.29, 0.717) is 12.3 Å².